The van der Waals surface area contributed by atoms with Gasteiger partial charge in [0, 0.05) is 0 Å². The fourth-order valence-corrected chi connectivity index (χ4v) is 2.38. The van der Waals surface area contributed by atoms with Gasteiger partial charge < -0.3 is 5.11 Å². The van der Waals surface area contributed by atoms with E-state index in [1.807, 2.05) is 6.92 Å². The number of aliphatic hydroxyl groups is 1. The van der Waals surface area contributed by atoms with Gasteiger partial charge in [-0.3, -0.25) is 0 Å². The van der Waals surface area contributed by atoms with E-state index >= 15 is 0 Å². The first-order valence-corrected chi connectivity index (χ1v) is 5.11. The Hall–Kier alpha value is -0.890. The van der Waals surface area contributed by atoms with Gasteiger partial charge >= 0.3 is 0 Å². The van der Waals surface area contributed by atoms with Crippen molar-refractivity contribution in [1.82, 2.24) is 0 Å². The molecule has 2 rings (SSSR count). The molecule has 1 N–H and O–H groups in total. The van der Waals surface area contributed by atoms with E-state index in [-0.39, 0.29) is 5.82 Å². The van der Waals surface area contributed by atoms with Crippen LogP contribution in [0.15, 0.2) is 18.2 Å². The van der Waals surface area contributed by atoms with Gasteiger partial charge in [-0.25, -0.2) is 4.39 Å². The van der Waals surface area contributed by atoms with Crippen molar-refractivity contribution < 1.29 is 9.50 Å². The molecule has 1 aromatic rings. The van der Waals surface area contributed by atoms with Crippen LogP contribution in [0.3, 0.4) is 0 Å². The maximum absolute atomic E-state index is 12.9. The topological polar surface area (TPSA) is 20.2 Å². The van der Waals surface area contributed by atoms with Gasteiger partial charge in [0.1, 0.15) is 5.82 Å². The largest absolute Gasteiger partial charge is 0.385 e. The summed E-state index contributed by atoms with van der Waals surface area (Å²) in [5.74, 6) is -0.229. The van der Waals surface area contributed by atoms with Crippen molar-refractivity contribution in [3.63, 3.8) is 0 Å². The maximum atomic E-state index is 12.9. The summed E-state index contributed by atoms with van der Waals surface area (Å²) < 4.78 is 12.9. The molecule has 76 valence electrons. The number of rotatable bonds is 1. The van der Waals surface area contributed by atoms with Crippen LogP contribution in [0.4, 0.5) is 4.39 Å². The molecular weight excluding hydrogens is 179 g/mol. The van der Waals surface area contributed by atoms with Crippen molar-refractivity contribution in [3.05, 3.63) is 35.1 Å². The Morgan fingerprint density at radius 2 is 1.93 bits per heavy atom. The second-order valence-corrected chi connectivity index (χ2v) is 4.20. The Bertz CT molecular complexity index is 340. The third-order valence-electron chi connectivity index (χ3n) is 3.12. The molecule has 14 heavy (non-hydrogen) atoms. The van der Waals surface area contributed by atoms with Crippen LogP contribution in [0.2, 0.25) is 0 Å². The van der Waals surface area contributed by atoms with Crippen LogP contribution < -0.4 is 0 Å². The van der Waals surface area contributed by atoms with Crippen LogP contribution in [0.25, 0.3) is 0 Å². The smallest absolute Gasteiger partial charge is 0.123 e. The molecule has 0 aliphatic heterocycles. The summed E-state index contributed by atoms with van der Waals surface area (Å²) in [6.07, 6.45) is 3.74. The van der Waals surface area contributed by atoms with Crippen LogP contribution in [0.1, 0.15) is 36.8 Å². The third-order valence-corrected chi connectivity index (χ3v) is 3.12. The fraction of sp³-hybridized carbons (Fsp3) is 0.500. The zero-order valence-electron chi connectivity index (χ0n) is 8.39. The predicted octanol–water partition coefficient (Wildman–Crippen LogP) is 2.90. The summed E-state index contributed by atoms with van der Waals surface area (Å²) in [6, 6.07) is 4.64. The lowest BCUT2D eigenvalue weighted by Gasteiger charge is -2.24. The lowest BCUT2D eigenvalue weighted by molar-refractivity contribution is 0.0438. The molecule has 1 fully saturated rings. The zero-order chi connectivity index (χ0) is 10.2. The van der Waals surface area contributed by atoms with Crippen molar-refractivity contribution in [2.75, 3.05) is 0 Å². The molecule has 0 heterocycles. The first kappa shape index (κ1) is 9.66. The Morgan fingerprint density at radius 1 is 1.29 bits per heavy atom. The van der Waals surface area contributed by atoms with Crippen molar-refractivity contribution in [1.29, 1.82) is 0 Å². The minimum atomic E-state index is -0.697. The molecule has 1 aliphatic carbocycles. The summed E-state index contributed by atoms with van der Waals surface area (Å²) in [4.78, 5) is 0. The Labute approximate surface area is 83.6 Å². The quantitative estimate of drug-likeness (QED) is 0.728. The highest BCUT2D eigenvalue weighted by Crippen LogP contribution is 2.39. The molecule has 0 aromatic heterocycles. The van der Waals surface area contributed by atoms with Crippen molar-refractivity contribution >= 4 is 0 Å². The average Bonchev–Trinajstić information content (AvgIpc) is 2.52. The van der Waals surface area contributed by atoms with E-state index in [2.05, 4.69) is 0 Å². The molecule has 1 aromatic carbocycles. The molecule has 1 nitrogen and oxygen atoms in total. The molecule has 1 saturated carbocycles. The number of hydrogen-bond acceptors (Lipinski definition) is 1. The summed E-state index contributed by atoms with van der Waals surface area (Å²) in [5, 5.41) is 10.3. The van der Waals surface area contributed by atoms with Crippen LogP contribution in [-0.2, 0) is 5.60 Å². The monoisotopic (exact) mass is 194 g/mol. The molecular formula is C12H15FO. The van der Waals surface area contributed by atoms with Gasteiger partial charge in [0.15, 0.2) is 0 Å². The van der Waals surface area contributed by atoms with Gasteiger partial charge in [0.2, 0.25) is 0 Å². The van der Waals surface area contributed by atoms with E-state index in [4.69, 9.17) is 0 Å². The van der Waals surface area contributed by atoms with Gasteiger partial charge in [0.05, 0.1) is 5.60 Å². The van der Waals surface area contributed by atoms with E-state index < -0.39 is 5.60 Å². The van der Waals surface area contributed by atoms with Gasteiger partial charge in [-0.05, 0) is 43.0 Å². The number of benzene rings is 1. The highest BCUT2D eigenvalue weighted by atomic mass is 19.1. The zero-order valence-corrected chi connectivity index (χ0v) is 8.39. The lowest BCUT2D eigenvalue weighted by atomic mass is 9.89. The number of halogens is 1. The first-order valence-electron chi connectivity index (χ1n) is 5.11. The van der Waals surface area contributed by atoms with E-state index in [0.29, 0.717) is 0 Å². The summed E-state index contributed by atoms with van der Waals surface area (Å²) in [7, 11) is 0. The molecule has 0 spiro atoms. The molecule has 0 saturated heterocycles. The minimum absolute atomic E-state index is 0.229. The molecule has 0 bridgehead atoms. The molecule has 0 amide bonds. The van der Waals surface area contributed by atoms with Crippen LogP contribution in [0.5, 0.6) is 0 Å². The average molecular weight is 194 g/mol. The Kier molecular flexibility index (Phi) is 2.31. The van der Waals surface area contributed by atoms with E-state index in [1.54, 1.807) is 6.07 Å². The van der Waals surface area contributed by atoms with Gasteiger partial charge in [0.25, 0.3) is 0 Å². The molecule has 0 atom stereocenters. The van der Waals surface area contributed by atoms with Crippen molar-refractivity contribution in [2.45, 2.75) is 38.2 Å². The molecule has 0 unspecified atom stereocenters. The highest BCUT2D eigenvalue weighted by molar-refractivity contribution is 5.32. The SMILES string of the molecule is Cc1cc(F)ccc1C1(O)CCCC1. The van der Waals surface area contributed by atoms with Gasteiger partial charge in [-0.2, -0.15) is 0 Å². The highest BCUT2D eigenvalue weighted by Gasteiger charge is 2.33. The van der Waals surface area contributed by atoms with Crippen LogP contribution >= 0.6 is 0 Å². The fourth-order valence-electron chi connectivity index (χ4n) is 2.38. The van der Waals surface area contributed by atoms with Crippen LogP contribution in [0, 0.1) is 12.7 Å². The molecule has 0 radical (unpaired) electrons. The summed E-state index contributed by atoms with van der Waals surface area (Å²) in [5.41, 5.74) is 1.06. The standard InChI is InChI=1S/C12H15FO/c1-9-8-10(13)4-5-11(9)12(14)6-2-3-7-12/h4-5,8,14H,2-3,6-7H2,1H3. The van der Waals surface area contributed by atoms with Crippen molar-refractivity contribution in [3.8, 4) is 0 Å². The predicted molar refractivity (Wildman–Crippen MR) is 53.5 cm³/mol. The summed E-state index contributed by atoms with van der Waals surface area (Å²) in [6.45, 7) is 1.86. The maximum Gasteiger partial charge on any atom is 0.123 e. The minimum Gasteiger partial charge on any atom is -0.385 e. The first-order chi connectivity index (χ1) is 6.62. The van der Waals surface area contributed by atoms with Gasteiger partial charge in [-0.15, -0.1) is 0 Å². The number of aryl methyl sites for hydroxylation is 1. The van der Waals surface area contributed by atoms with E-state index in [0.717, 1.165) is 36.8 Å². The second-order valence-electron chi connectivity index (χ2n) is 4.20. The number of hydrogen-bond donors (Lipinski definition) is 1. The normalized spacial score (nSPS) is 19.9. The second kappa shape index (κ2) is 3.35. The van der Waals surface area contributed by atoms with E-state index in [1.165, 1.54) is 12.1 Å². The molecule has 1 aliphatic rings. The Morgan fingerprint density at radius 3 is 2.50 bits per heavy atom. The Balaban J connectivity index is 2.40. The molecule has 2 heteroatoms. The van der Waals surface area contributed by atoms with E-state index in [9.17, 15) is 9.50 Å². The van der Waals surface area contributed by atoms with Crippen molar-refractivity contribution in [2.24, 2.45) is 0 Å². The third kappa shape index (κ3) is 1.55. The van der Waals surface area contributed by atoms with Gasteiger partial charge in [-0.1, -0.05) is 18.9 Å². The lowest BCUT2D eigenvalue weighted by Crippen LogP contribution is -2.22. The van der Waals surface area contributed by atoms with Crippen LogP contribution in [-0.4, -0.2) is 5.11 Å². The summed E-state index contributed by atoms with van der Waals surface area (Å²) >= 11 is 0.